The van der Waals surface area contributed by atoms with Crippen molar-refractivity contribution in [2.45, 2.75) is 43.6 Å². The molecule has 1 aromatic heterocycles. The normalized spacial score (nSPS) is 19.6. The molecule has 0 aliphatic carbocycles. The fourth-order valence-corrected chi connectivity index (χ4v) is 3.85. The van der Waals surface area contributed by atoms with E-state index in [0.717, 1.165) is 21.9 Å². The van der Waals surface area contributed by atoms with Gasteiger partial charge in [-0.1, -0.05) is 35.5 Å². The molecule has 2 heterocycles. The molecule has 130 valence electrons. The third-order valence-electron chi connectivity index (χ3n) is 3.45. The van der Waals surface area contributed by atoms with Gasteiger partial charge in [0.15, 0.2) is 5.79 Å². The summed E-state index contributed by atoms with van der Waals surface area (Å²) in [6, 6.07) is 6.07. The molecule has 24 heavy (non-hydrogen) atoms. The maximum atomic E-state index is 6.14. The molecular formula is C16H19ClN2O3S2. The highest BCUT2D eigenvalue weighted by Crippen LogP contribution is 2.28. The van der Waals surface area contributed by atoms with Crippen LogP contribution in [-0.2, 0) is 15.2 Å². The average molecular weight is 387 g/mol. The molecule has 1 aromatic carbocycles. The van der Waals surface area contributed by atoms with Gasteiger partial charge in [0.1, 0.15) is 12.7 Å². The van der Waals surface area contributed by atoms with E-state index in [0.29, 0.717) is 23.6 Å². The topological polar surface area (TPSA) is 53.5 Å². The molecule has 3 rings (SSSR count). The van der Waals surface area contributed by atoms with Gasteiger partial charge in [0.2, 0.25) is 5.16 Å². The number of hydrogen-bond acceptors (Lipinski definition) is 7. The standard InChI is InChI=1S/C16H19ClN2O3S2/c1-10-4-5-11(6-13(10)17)9-23-14-18-15(24-19-14)20-7-12-8-21-16(2,3)22-12/h4-6,12H,7-9H2,1-3H3. The van der Waals surface area contributed by atoms with Gasteiger partial charge in [0.25, 0.3) is 5.19 Å². The van der Waals surface area contributed by atoms with Crippen LogP contribution in [0, 0.1) is 6.92 Å². The highest BCUT2D eigenvalue weighted by atomic mass is 35.5. The number of hydrogen-bond donors (Lipinski definition) is 0. The summed E-state index contributed by atoms with van der Waals surface area (Å²) in [6.07, 6.45) is -0.0743. The molecule has 1 saturated heterocycles. The predicted octanol–water partition coefficient (Wildman–Crippen LogP) is 4.32. The first-order valence-corrected chi connectivity index (χ1v) is 9.71. The Morgan fingerprint density at radius 3 is 3.00 bits per heavy atom. The Morgan fingerprint density at radius 1 is 1.46 bits per heavy atom. The zero-order chi connectivity index (χ0) is 17.2. The molecule has 1 unspecified atom stereocenters. The number of benzene rings is 1. The van der Waals surface area contributed by atoms with Crippen LogP contribution in [0.3, 0.4) is 0 Å². The zero-order valence-electron chi connectivity index (χ0n) is 13.7. The summed E-state index contributed by atoms with van der Waals surface area (Å²) >= 11 is 8.95. The smallest absolute Gasteiger partial charge is 0.294 e. The van der Waals surface area contributed by atoms with Crippen molar-refractivity contribution in [3.05, 3.63) is 34.3 Å². The summed E-state index contributed by atoms with van der Waals surface area (Å²) in [5.74, 6) is 0.232. The Bertz CT molecular complexity index is 708. The van der Waals surface area contributed by atoms with Gasteiger partial charge >= 0.3 is 0 Å². The van der Waals surface area contributed by atoms with Crippen molar-refractivity contribution in [2.75, 3.05) is 13.2 Å². The molecule has 1 aliphatic rings. The number of thioether (sulfide) groups is 1. The minimum Gasteiger partial charge on any atom is -0.466 e. The Hall–Kier alpha value is -0.860. The van der Waals surface area contributed by atoms with E-state index >= 15 is 0 Å². The van der Waals surface area contributed by atoms with E-state index in [1.165, 1.54) is 11.5 Å². The van der Waals surface area contributed by atoms with Crippen molar-refractivity contribution in [1.82, 2.24) is 9.36 Å². The number of rotatable bonds is 6. The van der Waals surface area contributed by atoms with Gasteiger partial charge in [-0.15, -0.1) is 0 Å². The van der Waals surface area contributed by atoms with Gasteiger partial charge in [0, 0.05) is 22.3 Å². The highest BCUT2D eigenvalue weighted by Gasteiger charge is 2.33. The predicted molar refractivity (Wildman–Crippen MR) is 96.1 cm³/mol. The average Bonchev–Trinajstić information content (AvgIpc) is 3.12. The van der Waals surface area contributed by atoms with Crippen LogP contribution in [0.4, 0.5) is 0 Å². The summed E-state index contributed by atoms with van der Waals surface area (Å²) in [6.45, 7) is 6.72. The van der Waals surface area contributed by atoms with E-state index in [2.05, 4.69) is 15.4 Å². The zero-order valence-corrected chi connectivity index (χ0v) is 16.1. The van der Waals surface area contributed by atoms with E-state index in [4.69, 9.17) is 25.8 Å². The first-order valence-electron chi connectivity index (χ1n) is 7.57. The molecule has 1 atom stereocenters. The summed E-state index contributed by atoms with van der Waals surface area (Å²) < 4.78 is 21.2. The van der Waals surface area contributed by atoms with Crippen molar-refractivity contribution < 1.29 is 14.2 Å². The number of aromatic nitrogens is 2. The van der Waals surface area contributed by atoms with E-state index in [1.807, 2.05) is 32.9 Å². The molecular weight excluding hydrogens is 368 g/mol. The van der Waals surface area contributed by atoms with Gasteiger partial charge in [-0.25, -0.2) is 0 Å². The minimum absolute atomic E-state index is 0.0743. The first kappa shape index (κ1) is 17.9. The fraction of sp³-hybridized carbons (Fsp3) is 0.500. The molecule has 0 spiro atoms. The lowest BCUT2D eigenvalue weighted by Crippen LogP contribution is -2.25. The van der Waals surface area contributed by atoms with Gasteiger partial charge < -0.3 is 14.2 Å². The minimum atomic E-state index is -0.536. The van der Waals surface area contributed by atoms with Gasteiger partial charge in [-0.2, -0.15) is 9.36 Å². The van der Waals surface area contributed by atoms with Gasteiger partial charge in [-0.3, -0.25) is 0 Å². The SMILES string of the molecule is Cc1ccc(CSc2nsc(OCC3COC(C)(C)O3)n2)cc1Cl. The largest absolute Gasteiger partial charge is 0.466 e. The lowest BCUT2D eigenvalue weighted by atomic mass is 10.2. The van der Waals surface area contributed by atoms with Crippen molar-refractivity contribution in [1.29, 1.82) is 0 Å². The van der Waals surface area contributed by atoms with Crippen LogP contribution >= 0.6 is 34.9 Å². The fourth-order valence-electron chi connectivity index (χ4n) is 2.20. The van der Waals surface area contributed by atoms with E-state index in [9.17, 15) is 0 Å². The lowest BCUT2D eigenvalue weighted by Gasteiger charge is -2.16. The quantitative estimate of drug-likeness (QED) is 0.689. The van der Waals surface area contributed by atoms with Crippen molar-refractivity contribution >= 4 is 34.9 Å². The Kier molecular flexibility index (Phi) is 5.66. The number of nitrogens with zero attached hydrogens (tertiary/aromatic N) is 2. The van der Waals surface area contributed by atoms with Crippen LogP contribution in [0.2, 0.25) is 5.02 Å². The van der Waals surface area contributed by atoms with Gasteiger partial charge in [-0.05, 0) is 38.0 Å². The Balaban J connectivity index is 1.47. The summed E-state index contributed by atoms with van der Waals surface area (Å²) in [5, 5.41) is 2.04. The van der Waals surface area contributed by atoms with Crippen molar-refractivity contribution in [2.24, 2.45) is 0 Å². The molecule has 0 radical (unpaired) electrons. The molecule has 8 heteroatoms. The third kappa shape index (κ3) is 4.83. The number of aryl methyl sites for hydroxylation is 1. The molecule has 1 fully saturated rings. The summed E-state index contributed by atoms with van der Waals surface area (Å²) in [7, 11) is 0. The monoisotopic (exact) mass is 386 g/mol. The van der Waals surface area contributed by atoms with Crippen LogP contribution in [0.15, 0.2) is 23.4 Å². The van der Waals surface area contributed by atoms with E-state index in [-0.39, 0.29) is 6.10 Å². The number of ether oxygens (including phenoxy) is 3. The Morgan fingerprint density at radius 2 is 2.29 bits per heavy atom. The van der Waals surface area contributed by atoms with Crippen LogP contribution in [0.25, 0.3) is 0 Å². The second kappa shape index (κ2) is 7.58. The molecule has 0 bridgehead atoms. The molecule has 0 saturated carbocycles. The summed E-state index contributed by atoms with van der Waals surface area (Å²) in [4.78, 5) is 4.38. The maximum absolute atomic E-state index is 6.14. The molecule has 5 nitrogen and oxygen atoms in total. The number of halogens is 1. The second-order valence-corrected chi connectivity index (χ2v) is 8.04. The maximum Gasteiger partial charge on any atom is 0.294 e. The summed E-state index contributed by atoms with van der Waals surface area (Å²) in [5.41, 5.74) is 2.22. The molecule has 1 aliphatic heterocycles. The van der Waals surface area contributed by atoms with Crippen LogP contribution in [-0.4, -0.2) is 34.5 Å². The van der Waals surface area contributed by atoms with Crippen LogP contribution in [0.5, 0.6) is 5.19 Å². The highest BCUT2D eigenvalue weighted by molar-refractivity contribution is 7.98. The third-order valence-corrected chi connectivity index (χ3v) is 5.52. The second-order valence-electron chi connectivity index (χ2n) is 5.98. The van der Waals surface area contributed by atoms with Gasteiger partial charge in [0.05, 0.1) is 6.61 Å². The molecule has 2 aromatic rings. The Labute approximate surface area is 154 Å². The molecule has 0 amide bonds. The molecule has 0 N–H and O–H groups in total. The lowest BCUT2D eigenvalue weighted by molar-refractivity contribution is -0.141. The first-order chi connectivity index (χ1) is 11.4. The van der Waals surface area contributed by atoms with Crippen molar-refractivity contribution in [3.8, 4) is 5.19 Å². The van der Waals surface area contributed by atoms with E-state index in [1.54, 1.807) is 11.8 Å². The van der Waals surface area contributed by atoms with Crippen LogP contribution in [0.1, 0.15) is 25.0 Å². The van der Waals surface area contributed by atoms with E-state index < -0.39 is 5.79 Å². The van der Waals surface area contributed by atoms with Crippen molar-refractivity contribution in [3.63, 3.8) is 0 Å². The van der Waals surface area contributed by atoms with Crippen LogP contribution < -0.4 is 4.74 Å².